The molecule has 118 valence electrons. The molecular weight excluding hydrogens is 294 g/mol. The largest absolute Gasteiger partial charge is 0.315 e. The summed E-state index contributed by atoms with van der Waals surface area (Å²) >= 11 is 1.80. The maximum Gasteiger partial charge on any atom is 0.0738 e. The van der Waals surface area contributed by atoms with Gasteiger partial charge in [0, 0.05) is 19.1 Å². The van der Waals surface area contributed by atoms with Gasteiger partial charge < -0.3 is 5.32 Å². The van der Waals surface area contributed by atoms with Crippen LogP contribution in [0.4, 0.5) is 0 Å². The van der Waals surface area contributed by atoms with E-state index in [0.717, 1.165) is 19.6 Å². The normalized spacial score (nSPS) is 26.5. The molecule has 0 saturated carbocycles. The Morgan fingerprint density at radius 1 is 1.32 bits per heavy atom. The highest BCUT2D eigenvalue weighted by molar-refractivity contribution is 7.07. The van der Waals surface area contributed by atoms with Crippen molar-refractivity contribution >= 4 is 11.3 Å². The number of nitrogens with zero attached hydrogens (tertiary/aromatic N) is 4. The topological polar surface area (TPSA) is 46.0 Å². The van der Waals surface area contributed by atoms with E-state index in [1.807, 2.05) is 6.20 Å². The van der Waals surface area contributed by atoms with Crippen LogP contribution in [-0.4, -0.2) is 39.5 Å². The van der Waals surface area contributed by atoms with Crippen molar-refractivity contribution in [3.63, 3.8) is 0 Å². The molecule has 4 heterocycles. The van der Waals surface area contributed by atoms with Crippen LogP contribution in [0.2, 0.25) is 0 Å². The molecule has 2 saturated heterocycles. The lowest BCUT2D eigenvalue weighted by Crippen LogP contribution is -2.34. The molecule has 2 aromatic rings. The Balaban J connectivity index is 1.50. The average molecular weight is 317 g/mol. The van der Waals surface area contributed by atoms with Crippen LogP contribution in [0.15, 0.2) is 23.0 Å². The van der Waals surface area contributed by atoms with Crippen LogP contribution < -0.4 is 5.32 Å². The Labute approximate surface area is 135 Å². The molecule has 0 spiro atoms. The molecule has 6 heteroatoms. The van der Waals surface area contributed by atoms with Crippen molar-refractivity contribution in [3.8, 4) is 0 Å². The maximum atomic E-state index is 4.37. The summed E-state index contributed by atoms with van der Waals surface area (Å²) in [7, 11) is 0. The minimum absolute atomic E-state index is 0.466. The van der Waals surface area contributed by atoms with Gasteiger partial charge in [0.05, 0.1) is 17.9 Å². The van der Waals surface area contributed by atoms with E-state index < -0.39 is 0 Å². The smallest absolute Gasteiger partial charge is 0.0738 e. The molecule has 0 radical (unpaired) electrons. The summed E-state index contributed by atoms with van der Waals surface area (Å²) in [5, 5.41) is 16.5. The van der Waals surface area contributed by atoms with Crippen molar-refractivity contribution in [2.24, 2.45) is 0 Å². The monoisotopic (exact) mass is 317 g/mol. The number of likely N-dealkylation sites (tertiary alicyclic amines) is 1. The van der Waals surface area contributed by atoms with E-state index in [9.17, 15) is 0 Å². The molecular formula is C16H23N5S. The fraction of sp³-hybridized carbons (Fsp3) is 0.625. The average Bonchev–Trinajstić information content (AvgIpc) is 3.30. The molecule has 2 aliphatic rings. The van der Waals surface area contributed by atoms with Crippen LogP contribution in [0.5, 0.6) is 0 Å². The van der Waals surface area contributed by atoms with Gasteiger partial charge in [0.25, 0.3) is 0 Å². The molecule has 2 unspecified atom stereocenters. The molecule has 2 atom stereocenters. The van der Waals surface area contributed by atoms with Crippen molar-refractivity contribution in [1.29, 1.82) is 0 Å². The lowest BCUT2D eigenvalue weighted by molar-refractivity contribution is 0.233. The van der Waals surface area contributed by atoms with E-state index >= 15 is 0 Å². The summed E-state index contributed by atoms with van der Waals surface area (Å²) in [5.41, 5.74) is 2.73. The maximum absolute atomic E-state index is 4.37. The second kappa shape index (κ2) is 6.48. The van der Waals surface area contributed by atoms with Gasteiger partial charge in [-0.2, -0.15) is 11.3 Å². The van der Waals surface area contributed by atoms with Crippen LogP contribution >= 0.6 is 11.3 Å². The third kappa shape index (κ3) is 2.83. The zero-order valence-corrected chi connectivity index (χ0v) is 13.6. The third-order valence-electron chi connectivity index (χ3n) is 4.92. The Kier molecular flexibility index (Phi) is 4.23. The fourth-order valence-corrected chi connectivity index (χ4v) is 4.50. The number of piperidine rings is 1. The molecule has 0 aromatic carbocycles. The summed E-state index contributed by atoms with van der Waals surface area (Å²) < 4.78 is 2.16. The van der Waals surface area contributed by atoms with Gasteiger partial charge in [-0.1, -0.05) is 5.21 Å². The minimum Gasteiger partial charge on any atom is -0.315 e. The zero-order chi connectivity index (χ0) is 14.8. The molecule has 5 nitrogen and oxygen atoms in total. The lowest BCUT2D eigenvalue weighted by atomic mass is 10.1. The van der Waals surface area contributed by atoms with Crippen LogP contribution in [0, 0.1) is 0 Å². The fourth-order valence-electron chi connectivity index (χ4n) is 3.79. The molecule has 1 N–H and O–H groups in total. The Bertz CT molecular complexity index is 587. The van der Waals surface area contributed by atoms with Gasteiger partial charge in [-0.3, -0.25) is 4.90 Å². The first-order chi connectivity index (χ1) is 10.9. The first kappa shape index (κ1) is 14.4. The number of thiophene rings is 1. The van der Waals surface area contributed by atoms with Gasteiger partial charge in [0.1, 0.15) is 0 Å². The summed E-state index contributed by atoms with van der Waals surface area (Å²) in [6, 6.07) is 3.31. The molecule has 0 amide bonds. The van der Waals surface area contributed by atoms with E-state index in [-0.39, 0.29) is 0 Å². The van der Waals surface area contributed by atoms with Crippen molar-refractivity contribution in [2.75, 3.05) is 19.6 Å². The second-order valence-corrected chi connectivity index (χ2v) is 7.14. The molecule has 2 aliphatic heterocycles. The van der Waals surface area contributed by atoms with Crippen molar-refractivity contribution < 1.29 is 0 Å². The van der Waals surface area contributed by atoms with Gasteiger partial charge in [-0.25, -0.2) is 4.68 Å². The first-order valence-corrected chi connectivity index (χ1v) is 9.22. The standard InChI is InChI=1S/C16H23N5S/c1-3-14(9-17-6-1)21-15(10-18-19-21)11-20-7-2-4-16(20)13-5-8-22-12-13/h5,8,10,12,14,16-17H,1-4,6-7,9,11H2. The predicted octanol–water partition coefficient (Wildman–Crippen LogP) is 2.60. The number of rotatable bonds is 4. The molecule has 2 fully saturated rings. The SMILES string of the molecule is c1cc(C2CCCN2Cc2cnnn2C2CCCNC2)cs1. The second-order valence-electron chi connectivity index (χ2n) is 6.36. The molecule has 0 bridgehead atoms. The Hall–Kier alpha value is -1.24. The van der Waals surface area contributed by atoms with E-state index in [0.29, 0.717) is 12.1 Å². The third-order valence-corrected chi connectivity index (χ3v) is 5.62. The lowest BCUT2D eigenvalue weighted by Gasteiger charge is -2.27. The van der Waals surface area contributed by atoms with Gasteiger partial charge in [-0.15, -0.1) is 5.10 Å². The Morgan fingerprint density at radius 3 is 3.14 bits per heavy atom. The van der Waals surface area contributed by atoms with Crippen molar-refractivity contribution in [3.05, 3.63) is 34.3 Å². The van der Waals surface area contributed by atoms with Crippen LogP contribution in [0.3, 0.4) is 0 Å². The van der Waals surface area contributed by atoms with Gasteiger partial charge in [-0.05, 0) is 61.2 Å². The number of hydrogen-bond donors (Lipinski definition) is 1. The van der Waals surface area contributed by atoms with Crippen LogP contribution in [-0.2, 0) is 6.54 Å². The van der Waals surface area contributed by atoms with E-state index in [1.54, 1.807) is 11.3 Å². The Morgan fingerprint density at radius 2 is 2.32 bits per heavy atom. The summed E-state index contributed by atoms with van der Waals surface area (Å²) in [6.07, 6.45) is 6.94. The molecule has 2 aromatic heterocycles. The number of nitrogens with one attached hydrogen (secondary N) is 1. The number of aromatic nitrogens is 3. The molecule has 22 heavy (non-hydrogen) atoms. The highest BCUT2D eigenvalue weighted by Crippen LogP contribution is 2.34. The highest BCUT2D eigenvalue weighted by Gasteiger charge is 2.28. The molecule has 0 aliphatic carbocycles. The van der Waals surface area contributed by atoms with Crippen LogP contribution in [0.1, 0.15) is 49.0 Å². The summed E-state index contributed by atoms with van der Waals surface area (Å²) in [4.78, 5) is 2.59. The predicted molar refractivity (Wildman–Crippen MR) is 87.9 cm³/mol. The highest BCUT2D eigenvalue weighted by atomic mass is 32.1. The van der Waals surface area contributed by atoms with E-state index in [2.05, 4.69) is 42.0 Å². The zero-order valence-electron chi connectivity index (χ0n) is 12.8. The van der Waals surface area contributed by atoms with Gasteiger partial charge in [0.2, 0.25) is 0 Å². The van der Waals surface area contributed by atoms with Crippen LogP contribution in [0.25, 0.3) is 0 Å². The van der Waals surface area contributed by atoms with Gasteiger partial charge >= 0.3 is 0 Å². The number of hydrogen-bond acceptors (Lipinski definition) is 5. The molecule has 4 rings (SSSR count). The van der Waals surface area contributed by atoms with E-state index in [4.69, 9.17) is 0 Å². The minimum atomic E-state index is 0.466. The summed E-state index contributed by atoms with van der Waals surface area (Å²) in [6.45, 7) is 4.29. The summed E-state index contributed by atoms with van der Waals surface area (Å²) in [5.74, 6) is 0. The quantitative estimate of drug-likeness (QED) is 0.941. The van der Waals surface area contributed by atoms with Crippen molar-refractivity contribution in [1.82, 2.24) is 25.2 Å². The van der Waals surface area contributed by atoms with Gasteiger partial charge in [0.15, 0.2) is 0 Å². The van der Waals surface area contributed by atoms with Crippen molar-refractivity contribution in [2.45, 2.75) is 44.3 Å². The van der Waals surface area contributed by atoms with E-state index in [1.165, 1.54) is 43.5 Å². The first-order valence-electron chi connectivity index (χ1n) is 8.28.